The molecule has 0 bridgehead atoms. The topological polar surface area (TPSA) is 115 Å². The fourth-order valence-electron chi connectivity index (χ4n) is 3.21. The van der Waals surface area contributed by atoms with E-state index in [-0.39, 0.29) is 18.4 Å². The average Bonchev–Trinajstić information content (AvgIpc) is 3.22. The third-order valence-electron chi connectivity index (χ3n) is 4.72. The van der Waals surface area contributed by atoms with E-state index in [2.05, 4.69) is 20.7 Å². The molecule has 0 aliphatic rings. The molecule has 1 aromatic heterocycles. The Morgan fingerprint density at radius 2 is 1.83 bits per heavy atom. The minimum Gasteiger partial charge on any atom is -0.352 e. The monoisotopic (exact) mass is 392 g/mol. The minimum atomic E-state index is -0.664. The van der Waals surface area contributed by atoms with Gasteiger partial charge in [-0.1, -0.05) is 36.4 Å². The molecule has 8 nitrogen and oxygen atoms in total. The molecule has 3 amide bonds. The van der Waals surface area contributed by atoms with Crippen LogP contribution in [0.2, 0.25) is 0 Å². The molecule has 0 saturated carbocycles. The Bertz CT molecular complexity index is 969. The smallest absolute Gasteiger partial charge is 0.312 e. The molecule has 0 aliphatic heterocycles. The Morgan fingerprint density at radius 3 is 2.45 bits per heavy atom. The van der Waals surface area contributed by atoms with Crippen LogP contribution in [0, 0.1) is 6.92 Å². The highest BCUT2D eigenvalue weighted by Gasteiger charge is 2.20. The van der Waals surface area contributed by atoms with E-state index in [1.165, 1.54) is 6.33 Å². The summed E-state index contributed by atoms with van der Waals surface area (Å²) in [6.07, 6.45) is 3.19. The van der Waals surface area contributed by atoms with Crippen molar-refractivity contribution in [3.63, 3.8) is 0 Å². The van der Waals surface area contributed by atoms with Gasteiger partial charge in [-0.25, -0.2) is 14.5 Å². The summed E-state index contributed by atoms with van der Waals surface area (Å²) in [5.41, 5.74) is 9.00. The lowest BCUT2D eigenvalue weighted by molar-refractivity contribution is -0.122. The van der Waals surface area contributed by atoms with Gasteiger partial charge in [-0.3, -0.25) is 4.79 Å². The zero-order chi connectivity index (χ0) is 20.8. The number of nitrogens with two attached hydrogens (primary N) is 1. The number of aromatic nitrogens is 3. The van der Waals surface area contributed by atoms with Gasteiger partial charge < -0.3 is 16.4 Å². The summed E-state index contributed by atoms with van der Waals surface area (Å²) in [5, 5.41) is 9.74. The Balaban J connectivity index is 1.66. The van der Waals surface area contributed by atoms with Gasteiger partial charge in [-0.05, 0) is 42.7 Å². The molecule has 0 spiro atoms. The van der Waals surface area contributed by atoms with E-state index in [1.807, 2.05) is 62.4 Å². The Hall–Kier alpha value is -3.68. The number of rotatable bonds is 7. The van der Waals surface area contributed by atoms with Crippen molar-refractivity contribution in [2.24, 2.45) is 5.73 Å². The van der Waals surface area contributed by atoms with Crippen molar-refractivity contribution in [3.8, 4) is 5.69 Å². The second-order valence-electron chi connectivity index (χ2n) is 6.84. The highest BCUT2D eigenvalue weighted by Crippen LogP contribution is 2.22. The fourth-order valence-corrected chi connectivity index (χ4v) is 3.21. The van der Waals surface area contributed by atoms with Crippen LogP contribution >= 0.6 is 0 Å². The summed E-state index contributed by atoms with van der Waals surface area (Å²) in [6, 6.07) is 13.9. The SMILES string of the molecule is Cc1ccccc1C(CC(=O)NC(C)c1ccc(-n2cncn2)cc1)NC(N)=O. The number of benzene rings is 2. The lowest BCUT2D eigenvalue weighted by Crippen LogP contribution is -2.37. The molecule has 0 aliphatic carbocycles. The first-order chi connectivity index (χ1) is 13.9. The van der Waals surface area contributed by atoms with Crippen molar-refractivity contribution in [3.05, 3.63) is 77.9 Å². The number of carbonyl (C=O) groups is 2. The van der Waals surface area contributed by atoms with Crippen molar-refractivity contribution in [2.75, 3.05) is 0 Å². The molecule has 3 rings (SSSR count). The van der Waals surface area contributed by atoms with E-state index in [0.717, 1.165) is 22.4 Å². The minimum absolute atomic E-state index is 0.0924. The predicted octanol–water partition coefficient (Wildman–Crippen LogP) is 2.55. The van der Waals surface area contributed by atoms with Crippen LogP contribution in [0.1, 0.15) is 42.1 Å². The predicted molar refractivity (Wildman–Crippen MR) is 109 cm³/mol. The first kappa shape index (κ1) is 20.1. The molecule has 2 aromatic carbocycles. The molecule has 4 N–H and O–H groups in total. The normalized spacial score (nSPS) is 12.8. The molecular formula is C21H24N6O2. The number of nitrogens with one attached hydrogen (secondary N) is 2. The lowest BCUT2D eigenvalue weighted by Gasteiger charge is -2.21. The molecule has 8 heteroatoms. The summed E-state index contributed by atoms with van der Waals surface area (Å²) in [7, 11) is 0. The second kappa shape index (κ2) is 9.01. The summed E-state index contributed by atoms with van der Waals surface area (Å²) < 4.78 is 1.66. The largest absolute Gasteiger partial charge is 0.352 e. The fraction of sp³-hybridized carbons (Fsp3) is 0.238. The highest BCUT2D eigenvalue weighted by atomic mass is 16.2. The van der Waals surface area contributed by atoms with Crippen molar-refractivity contribution in [1.29, 1.82) is 0 Å². The summed E-state index contributed by atoms with van der Waals surface area (Å²) in [4.78, 5) is 28.0. The summed E-state index contributed by atoms with van der Waals surface area (Å²) >= 11 is 0. The number of hydrogen-bond acceptors (Lipinski definition) is 4. The molecule has 0 saturated heterocycles. The third-order valence-corrected chi connectivity index (χ3v) is 4.72. The molecule has 2 atom stereocenters. The van der Waals surface area contributed by atoms with Gasteiger partial charge in [-0.15, -0.1) is 0 Å². The first-order valence-electron chi connectivity index (χ1n) is 9.30. The quantitative estimate of drug-likeness (QED) is 0.573. The number of primary amides is 1. The maximum absolute atomic E-state index is 12.6. The maximum Gasteiger partial charge on any atom is 0.312 e. The lowest BCUT2D eigenvalue weighted by atomic mass is 9.98. The van der Waals surface area contributed by atoms with E-state index in [1.54, 1.807) is 11.0 Å². The van der Waals surface area contributed by atoms with Crippen molar-refractivity contribution < 1.29 is 9.59 Å². The van der Waals surface area contributed by atoms with Crippen LogP contribution in [0.25, 0.3) is 5.69 Å². The van der Waals surface area contributed by atoms with Crippen molar-refractivity contribution in [2.45, 2.75) is 32.4 Å². The molecule has 2 unspecified atom stereocenters. The van der Waals surface area contributed by atoms with E-state index in [4.69, 9.17) is 5.73 Å². The zero-order valence-corrected chi connectivity index (χ0v) is 16.4. The van der Waals surface area contributed by atoms with E-state index < -0.39 is 12.1 Å². The molecule has 3 aromatic rings. The van der Waals surface area contributed by atoms with Crippen LogP contribution in [-0.4, -0.2) is 26.7 Å². The van der Waals surface area contributed by atoms with Gasteiger partial charge in [0, 0.05) is 0 Å². The first-order valence-corrected chi connectivity index (χ1v) is 9.30. The van der Waals surface area contributed by atoms with Gasteiger partial charge in [0.25, 0.3) is 0 Å². The van der Waals surface area contributed by atoms with Gasteiger partial charge in [0.15, 0.2) is 0 Å². The number of aryl methyl sites for hydroxylation is 1. The van der Waals surface area contributed by atoms with Gasteiger partial charge in [0.1, 0.15) is 12.7 Å². The number of amides is 3. The van der Waals surface area contributed by atoms with Gasteiger partial charge in [0.05, 0.1) is 24.2 Å². The molecule has 0 fully saturated rings. The number of urea groups is 1. The van der Waals surface area contributed by atoms with Crippen molar-refractivity contribution >= 4 is 11.9 Å². The molecular weight excluding hydrogens is 368 g/mol. The van der Waals surface area contributed by atoms with Crippen LogP contribution in [-0.2, 0) is 4.79 Å². The zero-order valence-electron chi connectivity index (χ0n) is 16.4. The van der Waals surface area contributed by atoms with Gasteiger partial charge in [0.2, 0.25) is 5.91 Å². The van der Waals surface area contributed by atoms with Crippen LogP contribution in [0.4, 0.5) is 4.79 Å². The highest BCUT2D eigenvalue weighted by molar-refractivity contribution is 5.79. The van der Waals surface area contributed by atoms with Gasteiger partial charge >= 0.3 is 6.03 Å². The Kier molecular flexibility index (Phi) is 6.23. The van der Waals surface area contributed by atoms with E-state index in [9.17, 15) is 9.59 Å². The standard InChI is InChI=1S/C21H24N6O2/c1-14-5-3-4-6-18(14)19(26-21(22)29)11-20(28)25-15(2)16-7-9-17(10-8-16)27-13-23-12-24-27/h3-10,12-13,15,19H,11H2,1-2H3,(H,25,28)(H3,22,26,29). The van der Waals surface area contributed by atoms with Crippen LogP contribution in [0.5, 0.6) is 0 Å². The Morgan fingerprint density at radius 1 is 1.10 bits per heavy atom. The second-order valence-corrected chi connectivity index (χ2v) is 6.84. The molecule has 29 heavy (non-hydrogen) atoms. The molecule has 0 radical (unpaired) electrons. The maximum atomic E-state index is 12.6. The number of hydrogen-bond donors (Lipinski definition) is 3. The summed E-state index contributed by atoms with van der Waals surface area (Å²) in [6.45, 7) is 3.84. The van der Waals surface area contributed by atoms with Crippen LogP contribution in [0.3, 0.4) is 0 Å². The van der Waals surface area contributed by atoms with Gasteiger partial charge in [-0.2, -0.15) is 5.10 Å². The van der Waals surface area contributed by atoms with E-state index in [0.29, 0.717) is 0 Å². The molecule has 150 valence electrons. The van der Waals surface area contributed by atoms with Crippen LogP contribution < -0.4 is 16.4 Å². The number of carbonyl (C=O) groups excluding carboxylic acids is 2. The summed E-state index contributed by atoms with van der Waals surface area (Å²) in [5.74, 6) is -0.181. The van der Waals surface area contributed by atoms with Crippen LogP contribution in [0.15, 0.2) is 61.2 Å². The molecule has 1 heterocycles. The Labute approximate surface area is 169 Å². The van der Waals surface area contributed by atoms with Crippen molar-refractivity contribution in [1.82, 2.24) is 25.4 Å². The third kappa shape index (κ3) is 5.19. The van der Waals surface area contributed by atoms with E-state index >= 15 is 0 Å². The number of nitrogens with zero attached hydrogens (tertiary/aromatic N) is 3. The average molecular weight is 392 g/mol.